The number of nitrogen functional groups attached to an aromatic ring is 1. The lowest BCUT2D eigenvalue weighted by atomic mass is 9.64. The minimum atomic E-state index is -5.76. The number of nitrogens with one attached hydrogen (secondary N) is 4. The number of nitrogens with zero attached hydrogens (tertiary/aromatic N) is 5. The molecular weight excluding hydrogens is 1510 g/mol. The standard InChI is InChI=1S/C70H91N10O23P3S2/c1-8-80-54-34-50-48(33-47(54)40(2)37-69(80,3)4)60(49-32-41-17-12-28-78-29-13-20-46(62(41)78)61(49)70(50,5)6)44-18-9-10-19-45(44)66(89)77(7)27-14-22-56(82)73-51(64(87)74-52(35-58(83)84)65(88)75-53(67(90)91)36-59(85)86)21-15-30-107-108-31-25-55(81)72-26-11-16-42-38-79(68(92)76-63(42)71)57-24-23-43(101-57)39-100-105(96,97)103-106(98,99)102-104(93,94)95/h9-10,18-19,32-34,38,40,43,51-53,57H,8,12-15,17,20-31,35-37,39H2,1-7H3,(H12-,71,72,73,74,75,76,81,82,83,84,85,86,87,88,90,91,92,93,94,95,96,97,98,99)/p+1/t40?,43-,51?,52?,53?,57+/m0/s1. The molecule has 5 amide bonds. The average Bonchev–Trinajstić information content (AvgIpc) is 0.731. The Morgan fingerprint density at radius 1 is 0.833 bits per heavy atom. The molecule has 33 nitrogen and oxygen atoms in total. The summed E-state index contributed by atoms with van der Waals surface area (Å²) in [5.74, 6) is -2.41. The fourth-order valence-corrected chi connectivity index (χ4v) is 20.1. The number of ether oxygens (including phenoxy) is 1. The second-order valence-corrected chi connectivity index (χ2v) is 35.4. The highest BCUT2D eigenvalue weighted by Gasteiger charge is 2.45. The lowest BCUT2D eigenvalue weighted by Gasteiger charge is -2.48. The Morgan fingerprint density at radius 2 is 1.51 bits per heavy atom. The van der Waals surface area contributed by atoms with Gasteiger partial charge in [-0.1, -0.05) is 72.4 Å². The molecule has 5 heterocycles. The van der Waals surface area contributed by atoms with Gasteiger partial charge in [0.1, 0.15) is 43.3 Å². The number of rotatable bonds is 34. The van der Waals surface area contributed by atoms with Gasteiger partial charge in [0, 0.05) is 96.9 Å². The van der Waals surface area contributed by atoms with Gasteiger partial charge in [0.25, 0.3) is 5.91 Å². The third-order valence-corrected chi connectivity index (χ3v) is 25.9. The van der Waals surface area contributed by atoms with Gasteiger partial charge in [-0.15, -0.1) is 0 Å². The smallest absolute Gasteiger partial charge is 0.481 e. The van der Waals surface area contributed by atoms with E-state index in [0.29, 0.717) is 17.1 Å². The van der Waals surface area contributed by atoms with Crippen LogP contribution in [0.2, 0.25) is 0 Å². The maximum atomic E-state index is 15.1. The molecule has 1 saturated heterocycles. The number of aryl methyl sites for hydroxylation is 1. The monoisotopic (exact) mass is 1600 g/mol. The van der Waals surface area contributed by atoms with E-state index in [-0.39, 0.29) is 86.8 Å². The van der Waals surface area contributed by atoms with Crippen LogP contribution < -0.4 is 52.7 Å². The molecular formula is C70H92N10O23P3S2+. The maximum Gasteiger partial charge on any atom is 0.490 e. The minimum absolute atomic E-state index is 0.0208. The van der Waals surface area contributed by atoms with Gasteiger partial charge in [-0.05, 0) is 141 Å². The van der Waals surface area contributed by atoms with E-state index in [0.717, 1.165) is 78.2 Å². The predicted octanol–water partition coefficient (Wildman–Crippen LogP) is 4.29. The van der Waals surface area contributed by atoms with Crippen molar-refractivity contribution in [3.63, 3.8) is 0 Å². The third kappa shape index (κ3) is 21.0. The van der Waals surface area contributed by atoms with Crippen molar-refractivity contribution in [2.45, 2.75) is 179 Å². The number of nitrogens with two attached hydrogens (primary N) is 1. The van der Waals surface area contributed by atoms with Crippen LogP contribution in [-0.4, -0.2) is 184 Å². The minimum Gasteiger partial charge on any atom is -0.481 e. The van der Waals surface area contributed by atoms with Crippen molar-refractivity contribution in [3.05, 3.63) is 120 Å². The van der Waals surface area contributed by atoms with Crippen LogP contribution in [0.25, 0.3) is 5.57 Å². The molecule has 4 aliphatic heterocycles. The molecule has 38 heteroatoms. The molecule has 108 heavy (non-hydrogen) atoms. The number of phosphoric acid groups is 3. The lowest BCUT2D eigenvalue weighted by molar-refractivity contribution is -0.148. The Hall–Kier alpha value is -7.80. The Bertz CT molecular complexity index is 4610. The number of hydrogen-bond acceptors (Lipinski definition) is 21. The van der Waals surface area contributed by atoms with Crippen LogP contribution >= 0.6 is 45.1 Å². The highest BCUT2D eigenvalue weighted by molar-refractivity contribution is 8.76. The van der Waals surface area contributed by atoms with Crippen molar-refractivity contribution in [3.8, 4) is 11.8 Å². The molecule has 0 spiro atoms. The molecule has 1 fully saturated rings. The summed E-state index contributed by atoms with van der Waals surface area (Å²) in [5.41, 5.74) is 15.8. The number of aromatic nitrogens is 2. The molecule has 13 N–H and O–H groups in total. The first-order chi connectivity index (χ1) is 50.8. The quantitative estimate of drug-likeness (QED) is 0.0102. The van der Waals surface area contributed by atoms with Crippen LogP contribution in [0.4, 0.5) is 11.5 Å². The van der Waals surface area contributed by atoms with Crippen molar-refractivity contribution in [1.29, 1.82) is 0 Å². The number of anilines is 2. The van der Waals surface area contributed by atoms with Crippen molar-refractivity contribution >= 4 is 110 Å². The summed E-state index contributed by atoms with van der Waals surface area (Å²) in [4.78, 5) is 162. The maximum absolute atomic E-state index is 15.1. The molecule has 0 bridgehead atoms. The van der Waals surface area contributed by atoms with Crippen molar-refractivity contribution < 1.29 is 105 Å². The van der Waals surface area contributed by atoms with Gasteiger partial charge >= 0.3 is 47.1 Å². The molecule has 0 radical (unpaired) electrons. The number of aliphatic carboxylic acids is 3. The van der Waals surface area contributed by atoms with E-state index in [9.17, 15) is 77.2 Å². The normalized spacial score (nSPS) is 19.4. The summed E-state index contributed by atoms with van der Waals surface area (Å²) in [6.07, 6.45) is 2.41. The summed E-state index contributed by atoms with van der Waals surface area (Å²) in [5, 5.41) is 40.8. The second-order valence-electron chi connectivity index (χ2n) is 28.3. The summed E-state index contributed by atoms with van der Waals surface area (Å²) in [6, 6.07) is 9.63. The van der Waals surface area contributed by atoms with E-state index < -0.39 is 126 Å². The average molecular weight is 1600 g/mol. The molecule has 4 aromatic rings. The topological polar surface area (TPSA) is 485 Å². The SMILES string of the molecule is CCN1c2cc3c(cc2C(C)CC1(C)C)C(c1ccccc1C(=O)N(C)CCCC(=O)NC(CCCSSCCC(=O)NCC#Cc1cn([C@H]2CC[C@@H](COP(=O)(O)OP(=O)(O)OP(=O)(O)O)O2)c(=O)nc1N)C(=O)NC(CC(=O)O)C(=O)NC(CC(=O)O)C(=O)O)=c1cc2c4c(c1C3(C)C)CCC[N+]=4CCC2. The first kappa shape index (κ1) is 84.2. The van der Waals surface area contributed by atoms with Gasteiger partial charge in [0.05, 0.1) is 37.7 Å². The molecule has 9 rings (SSSR count). The molecule has 586 valence electrons. The number of carbonyl (C=O) groups excluding carboxylic acids is 5. The van der Waals surface area contributed by atoms with Crippen molar-refractivity contribution in [1.82, 2.24) is 40.3 Å². The van der Waals surface area contributed by atoms with Gasteiger partial charge < -0.3 is 76.4 Å². The molecule has 6 unspecified atom stereocenters. The summed E-state index contributed by atoms with van der Waals surface area (Å²) < 4.78 is 56.1. The highest BCUT2D eigenvalue weighted by Crippen LogP contribution is 2.66. The Balaban J connectivity index is 0.830. The lowest BCUT2D eigenvalue weighted by Crippen LogP contribution is -2.56. The number of carboxylic acid groups (broad SMARTS) is 3. The molecule has 8 atom stereocenters. The van der Waals surface area contributed by atoms with Gasteiger partial charge in [-0.25, -0.2) is 27.9 Å². The van der Waals surface area contributed by atoms with E-state index in [1.807, 2.05) is 29.6 Å². The van der Waals surface area contributed by atoms with Crippen molar-refractivity contribution in [2.24, 2.45) is 0 Å². The largest absolute Gasteiger partial charge is 0.490 e. The molecule has 5 aliphatic rings. The number of benzene rings is 3. The Kier molecular flexibility index (Phi) is 27.7. The van der Waals surface area contributed by atoms with E-state index in [1.54, 1.807) is 11.9 Å². The van der Waals surface area contributed by atoms with Crippen LogP contribution in [0, 0.1) is 11.8 Å². The zero-order valence-corrected chi connectivity index (χ0v) is 65.1. The molecule has 0 saturated carbocycles. The summed E-state index contributed by atoms with van der Waals surface area (Å²) >= 11 is 0. The van der Waals surface area contributed by atoms with Gasteiger partial charge in [0.15, 0.2) is 0 Å². The van der Waals surface area contributed by atoms with Gasteiger partial charge in [-0.3, -0.25) is 42.7 Å². The molecule has 1 aliphatic carbocycles. The third-order valence-electron chi connectivity index (χ3n) is 19.6. The number of amides is 5. The number of carbonyl (C=O) groups is 8. The van der Waals surface area contributed by atoms with Gasteiger partial charge in [0.2, 0.25) is 29.0 Å². The number of fused-ring (bicyclic) bond motifs is 4. The van der Waals surface area contributed by atoms with E-state index in [1.165, 1.54) is 66.6 Å². The van der Waals surface area contributed by atoms with Crippen LogP contribution in [0.3, 0.4) is 0 Å². The van der Waals surface area contributed by atoms with Crippen LogP contribution in [-0.2, 0) is 83.4 Å². The molecule has 1 aromatic heterocycles. The van der Waals surface area contributed by atoms with E-state index in [4.69, 9.17) is 20.3 Å². The zero-order valence-electron chi connectivity index (χ0n) is 60.8. The fraction of sp³-hybridized carbons (Fsp3) is 0.529. The highest BCUT2D eigenvalue weighted by atomic mass is 33.1. The fourth-order valence-electron chi connectivity index (χ4n) is 15.0. The summed E-state index contributed by atoms with van der Waals surface area (Å²) in [6.45, 7) is 15.9. The zero-order chi connectivity index (χ0) is 79.0. The van der Waals surface area contributed by atoms with Crippen LogP contribution in [0.15, 0.2) is 53.5 Å². The predicted molar refractivity (Wildman–Crippen MR) is 399 cm³/mol. The first-order valence-electron chi connectivity index (χ1n) is 35.3. The van der Waals surface area contributed by atoms with E-state index >= 15 is 4.79 Å². The number of carboxylic acids is 3. The Labute approximate surface area is 630 Å². The molecule has 3 aromatic carbocycles. The van der Waals surface area contributed by atoms with E-state index in [2.05, 4.69) is 115 Å². The van der Waals surface area contributed by atoms with Gasteiger partial charge in [-0.2, -0.15) is 13.6 Å². The van der Waals surface area contributed by atoms with Crippen molar-refractivity contribution in [2.75, 3.05) is 68.5 Å². The second kappa shape index (κ2) is 35.5. The van der Waals surface area contributed by atoms with Crippen LogP contribution in [0.5, 0.6) is 0 Å². The Morgan fingerprint density at radius 3 is 2.20 bits per heavy atom. The summed E-state index contributed by atoms with van der Waals surface area (Å²) in [7, 11) is -12.5. The number of hydrogen-bond donors (Lipinski definition) is 12. The van der Waals surface area contributed by atoms with Crippen LogP contribution in [0.1, 0.15) is 186 Å². The number of phosphoric ester groups is 1. The first-order valence-corrected chi connectivity index (χ1v) is 42.3.